The third-order valence-corrected chi connectivity index (χ3v) is 4.12. The Morgan fingerprint density at radius 2 is 1.93 bits per heavy atom. The van der Waals surface area contributed by atoms with Crippen molar-refractivity contribution in [2.45, 2.75) is 13.5 Å². The molecule has 0 aliphatic rings. The first-order chi connectivity index (χ1) is 13.1. The van der Waals surface area contributed by atoms with Crippen LogP contribution >= 0.6 is 0 Å². The van der Waals surface area contributed by atoms with Gasteiger partial charge in [-0.15, -0.1) is 0 Å². The number of furan rings is 1. The molecule has 0 spiro atoms. The summed E-state index contributed by atoms with van der Waals surface area (Å²) < 4.78 is 10.7. The fourth-order valence-electron chi connectivity index (χ4n) is 2.70. The number of ether oxygens (including phenoxy) is 1. The zero-order valence-electron chi connectivity index (χ0n) is 15.2. The van der Waals surface area contributed by atoms with Crippen LogP contribution in [0.2, 0.25) is 0 Å². The first-order valence-corrected chi connectivity index (χ1v) is 8.53. The lowest BCUT2D eigenvalue weighted by atomic mass is 10.1. The third-order valence-electron chi connectivity index (χ3n) is 4.12. The van der Waals surface area contributed by atoms with Crippen LogP contribution in [0.15, 0.2) is 65.1 Å². The van der Waals surface area contributed by atoms with Gasteiger partial charge >= 0.3 is 0 Å². The average molecular weight is 363 g/mol. The van der Waals surface area contributed by atoms with E-state index in [4.69, 9.17) is 14.3 Å². The van der Waals surface area contributed by atoms with E-state index in [9.17, 15) is 4.79 Å². The lowest BCUT2D eigenvalue weighted by Gasteiger charge is -2.07. The van der Waals surface area contributed by atoms with Crippen LogP contribution in [0, 0.1) is 6.92 Å². The first kappa shape index (κ1) is 18.5. The van der Waals surface area contributed by atoms with Crippen molar-refractivity contribution in [3.63, 3.8) is 0 Å². The summed E-state index contributed by atoms with van der Waals surface area (Å²) in [5.74, 6) is 1.77. The minimum absolute atomic E-state index is 0.131. The van der Waals surface area contributed by atoms with Gasteiger partial charge in [0.05, 0.1) is 7.11 Å². The van der Waals surface area contributed by atoms with Gasteiger partial charge in [0.1, 0.15) is 23.9 Å². The number of benzene rings is 2. The number of nitrogens with one attached hydrogen (secondary N) is 1. The van der Waals surface area contributed by atoms with E-state index in [0.717, 1.165) is 22.4 Å². The molecule has 138 valence electrons. The quantitative estimate of drug-likeness (QED) is 0.637. The maximum atomic E-state index is 12.1. The van der Waals surface area contributed by atoms with Crippen molar-refractivity contribution in [1.29, 1.82) is 0 Å². The molecule has 0 unspecified atom stereocenters. The molecule has 0 fully saturated rings. The topological polar surface area (TPSA) is 71.7 Å². The molecule has 0 saturated carbocycles. The van der Waals surface area contributed by atoms with Crippen LogP contribution in [0.4, 0.5) is 5.69 Å². The smallest absolute Gasteiger partial charge is 0.248 e. The molecule has 2 N–H and O–H groups in total. The molecule has 0 aliphatic heterocycles. The van der Waals surface area contributed by atoms with Crippen LogP contribution in [0.5, 0.6) is 5.75 Å². The maximum absolute atomic E-state index is 12.1. The third kappa shape index (κ3) is 4.65. The molecular weight excluding hydrogens is 342 g/mol. The summed E-state index contributed by atoms with van der Waals surface area (Å²) in [7, 11) is 1.61. The molecular formula is C22H21NO4. The van der Waals surface area contributed by atoms with Gasteiger partial charge in [0, 0.05) is 17.3 Å². The van der Waals surface area contributed by atoms with Crippen molar-refractivity contribution >= 4 is 17.7 Å². The number of anilines is 1. The molecule has 1 amide bonds. The summed E-state index contributed by atoms with van der Waals surface area (Å²) >= 11 is 0. The summed E-state index contributed by atoms with van der Waals surface area (Å²) in [5, 5.41) is 12.0. The number of rotatable bonds is 6. The lowest BCUT2D eigenvalue weighted by molar-refractivity contribution is -0.111. The number of hydrogen-bond donors (Lipinski definition) is 2. The standard InChI is InChI=1S/C22H21NO4/c1-15-13-17(6-10-20(15)21-11-9-19(14-24)27-21)23-22(25)12-5-16-3-7-18(26-2)8-4-16/h3-13,24H,14H2,1-2H3,(H,23,25)/b12-5+. The van der Waals surface area contributed by atoms with Crippen LogP contribution in [-0.4, -0.2) is 18.1 Å². The van der Waals surface area contributed by atoms with E-state index in [0.29, 0.717) is 17.2 Å². The highest BCUT2D eigenvalue weighted by atomic mass is 16.5. The summed E-state index contributed by atoms with van der Waals surface area (Å²) in [4.78, 5) is 12.1. The Kier molecular flexibility index (Phi) is 5.74. The zero-order valence-corrected chi connectivity index (χ0v) is 15.2. The molecule has 0 aliphatic carbocycles. The molecule has 0 radical (unpaired) electrons. The number of methoxy groups -OCH3 is 1. The molecule has 5 heteroatoms. The number of carbonyl (C=O) groups is 1. The summed E-state index contributed by atoms with van der Waals surface area (Å²) in [6.45, 7) is 1.81. The Morgan fingerprint density at radius 1 is 1.15 bits per heavy atom. The molecule has 2 aromatic carbocycles. The Labute approximate surface area is 157 Å². The van der Waals surface area contributed by atoms with Crippen molar-refractivity contribution in [2.24, 2.45) is 0 Å². The minimum Gasteiger partial charge on any atom is -0.497 e. The maximum Gasteiger partial charge on any atom is 0.248 e. The van der Waals surface area contributed by atoms with Crippen molar-refractivity contribution in [2.75, 3.05) is 12.4 Å². The highest BCUT2D eigenvalue weighted by Gasteiger charge is 2.08. The van der Waals surface area contributed by atoms with Gasteiger partial charge in [-0.3, -0.25) is 4.79 Å². The number of aryl methyl sites for hydroxylation is 1. The number of hydrogen-bond acceptors (Lipinski definition) is 4. The molecule has 5 nitrogen and oxygen atoms in total. The van der Waals surface area contributed by atoms with Crippen molar-refractivity contribution in [3.05, 3.63) is 77.6 Å². The highest BCUT2D eigenvalue weighted by molar-refractivity contribution is 6.02. The van der Waals surface area contributed by atoms with Gasteiger partial charge in [-0.1, -0.05) is 12.1 Å². The van der Waals surface area contributed by atoms with E-state index in [2.05, 4.69) is 5.32 Å². The van der Waals surface area contributed by atoms with E-state index in [1.807, 2.05) is 55.5 Å². The second kappa shape index (κ2) is 8.38. The Balaban J connectivity index is 1.67. The van der Waals surface area contributed by atoms with Gasteiger partial charge in [-0.25, -0.2) is 0 Å². The van der Waals surface area contributed by atoms with E-state index in [-0.39, 0.29) is 12.5 Å². The molecule has 3 aromatic rings. The zero-order chi connectivity index (χ0) is 19.2. The SMILES string of the molecule is COc1ccc(/C=C/C(=O)Nc2ccc(-c3ccc(CO)o3)c(C)c2)cc1. The van der Waals surface area contributed by atoms with Crippen LogP contribution in [0.3, 0.4) is 0 Å². The van der Waals surface area contributed by atoms with Gasteiger partial charge in [-0.05, 0) is 66.6 Å². The number of aliphatic hydroxyl groups excluding tert-OH is 1. The number of amides is 1. The monoisotopic (exact) mass is 363 g/mol. The Bertz CT molecular complexity index is 955. The van der Waals surface area contributed by atoms with Crippen LogP contribution in [-0.2, 0) is 11.4 Å². The Morgan fingerprint density at radius 3 is 2.56 bits per heavy atom. The number of aliphatic hydroxyl groups is 1. The van der Waals surface area contributed by atoms with Crippen molar-refractivity contribution in [3.8, 4) is 17.1 Å². The average Bonchev–Trinajstić information content (AvgIpc) is 3.16. The normalized spacial score (nSPS) is 10.9. The molecule has 0 bridgehead atoms. The molecule has 1 aromatic heterocycles. The fraction of sp³-hybridized carbons (Fsp3) is 0.136. The van der Waals surface area contributed by atoms with E-state index >= 15 is 0 Å². The van der Waals surface area contributed by atoms with Crippen LogP contribution in [0.1, 0.15) is 16.9 Å². The van der Waals surface area contributed by atoms with E-state index in [1.54, 1.807) is 19.3 Å². The molecule has 3 rings (SSSR count). The lowest BCUT2D eigenvalue weighted by Crippen LogP contribution is -2.07. The molecule has 0 saturated heterocycles. The predicted molar refractivity (Wildman–Crippen MR) is 105 cm³/mol. The largest absolute Gasteiger partial charge is 0.497 e. The van der Waals surface area contributed by atoms with Crippen molar-refractivity contribution in [1.82, 2.24) is 0 Å². The predicted octanol–water partition coefficient (Wildman–Crippen LogP) is 4.41. The van der Waals surface area contributed by atoms with Gasteiger partial charge in [0.15, 0.2) is 0 Å². The number of carbonyl (C=O) groups excluding carboxylic acids is 1. The van der Waals surface area contributed by atoms with Gasteiger partial charge < -0.3 is 19.6 Å². The Hall–Kier alpha value is -3.31. The van der Waals surface area contributed by atoms with Gasteiger partial charge in [-0.2, -0.15) is 0 Å². The second-order valence-electron chi connectivity index (χ2n) is 6.05. The van der Waals surface area contributed by atoms with Gasteiger partial charge in [0.25, 0.3) is 0 Å². The summed E-state index contributed by atoms with van der Waals surface area (Å²) in [6, 6.07) is 16.6. The van der Waals surface area contributed by atoms with Crippen LogP contribution in [0.25, 0.3) is 17.4 Å². The summed E-state index contributed by atoms with van der Waals surface area (Å²) in [6.07, 6.45) is 3.24. The van der Waals surface area contributed by atoms with E-state index in [1.165, 1.54) is 6.08 Å². The van der Waals surface area contributed by atoms with Gasteiger partial charge in [0.2, 0.25) is 5.91 Å². The van der Waals surface area contributed by atoms with Crippen molar-refractivity contribution < 1.29 is 19.1 Å². The van der Waals surface area contributed by atoms with E-state index < -0.39 is 0 Å². The molecule has 1 heterocycles. The fourth-order valence-corrected chi connectivity index (χ4v) is 2.70. The first-order valence-electron chi connectivity index (χ1n) is 8.53. The summed E-state index contributed by atoms with van der Waals surface area (Å²) in [5.41, 5.74) is 3.50. The molecule has 0 atom stereocenters. The minimum atomic E-state index is -0.210. The highest BCUT2D eigenvalue weighted by Crippen LogP contribution is 2.27. The molecule has 27 heavy (non-hydrogen) atoms. The second-order valence-corrected chi connectivity index (χ2v) is 6.05. The van der Waals surface area contributed by atoms with Crippen LogP contribution < -0.4 is 10.1 Å².